The van der Waals surface area contributed by atoms with Crippen LogP contribution in [-0.4, -0.2) is 13.0 Å². The van der Waals surface area contributed by atoms with E-state index in [0.29, 0.717) is 0 Å². The van der Waals surface area contributed by atoms with Crippen molar-refractivity contribution in [2.45, 2.75) is 11.5 Å². The third kappa shape index (κ3) is 2.53. The molecule has 0 aliphatic heterocycles. The first-order valence-electron chi connectivity index (χ1n) is 1.46. The fourth-order valence-corrected chi connectivity index (χ4v) is 0. The SMILES string of the molecule is CC(S)[SH](=O)=O. The topological polar surface area (TPSA) is 34.1 Å². The smallest absolute Gasteiger partial charge is 0.151 e. The molecule has 2 nitrogen and oxygen atoms in total. The van der Waals surface area contributed by atoms with E-state index in [4.69, 9.17) is 0 Å². The van der Waals surface area contributed by atoms with Gasteiger partial charge in [0.25, 0.3) is 0 Å². The zero-order chi connectivity index (χ0) is 5.15. The van der Waals surface area contributed by atoms with Crippen LogP contribution < -0.4 is 0 Å². The lowest BCUT2D eigenvalue weighted by Gasteiger charge is -1.82. The first-order valence-corrected chi connectivity index (χ1v) is 3.22. The average Bonchev–Trinajstić information content (AvgIpc) is 1.36. The van der Waals surface area contributed by atoms with Gasteiger partial charge in [-0.15, -0.1) is 0 Å². The van der Waals surface area contributed by atoms with Gasteiger partial charge >= 0.3 is 0 Å². The molecule has 0 aliphatic rings. The fourth-order valence-electron chi connectivity index (χ4n) is 0. The second-order valence-electron chi connectivity index (χ2n) is 0.917. The van der Waals surface area contributed by atoms with Gasteiger partial charge in [-0.05, 0) is 6.92 Å². The molecule has 1 atom stereocenters. The van der Waals surface area contributed by atoms with Gasteiger partial charge in [-0.3, -0.25) is 0 Å². The van der Waals surface area contributed by atoms with Gasteiger partial charge in [-0.2, -0.15) is 12.6 Å². The normalized spacial score (nSPS) is 15.2. The molecule has 0 aliphatic carbocycles. The highest BCUT2D eigenvalue weighted by molar-refractivity contribution is 7.95. The van der Waals surface area contributed by atoms with Crippen LogP contribution in [0.4, 0.5) is 0 Å². The van der Waals surface area contributed by atoms with Crippen LogP contribution >= 0.6 is 12.6 Å². The van der Waals surface area contributed by atoms with Crippen LogP contribution in [0.1, 0.15) is 6.92 Å². The molecule has 0 heterocycles. The molecule has 0 rings (SSSR count). The van der Waals surface area contributed by atoms with Crippen molar-refractivity contribution in [3.05, 3.63) is 0 Å². The molecular weight excluding hydrogens is 120 g/mol. The quantitative estimate of drug-likeness (QED) is 0.480. The second kappa shape index (κ2) is 2.47. The van der Waals surface area contributed by atoms with Crippen LogP contribution in [0.3, 0.4) is 0 Å². The average molecular weight is 126 g/mol. The van der Waals surface area contributed by atoms with Gasteiger partial charge in [0.1, 0.15) is 0 Å². The number of hydrogen-bond acceptors (Lipinski definition) is 3. The molecular formula is C2H6O2S2. The van der Waals surface area contributed by atoms with Crippen molar-refractivity contribution >= 4 is 23.3 Å². The molecule has 0 fully saturated rings. The fraction of sp³-hybridized carbons (Fsp3) is 1.00. The van der Waals surface area contributed by atoms with Crippen LogP contribution in [-0.2, 0) is 10.7 Å². The van der Waals surface area contributed by atoms with Gasteiger partial charge in [-0.1, -0.05) is 0 Å². The summed E-state index contributed by atoms with van der Waals surface area (Å²) < 4.78 is 18.8. The highest BCUT2D eigenvalue weighted by Crippen LogP contribution is 1.88. The third-order valence-corrected chi connectivity index (χ3v) is 1.48. The molecule has 38 valence electrons. The standard InChI is InChI=1S/C2H6O2S2/c1-2(5)6(3)4/h2,5-6H,1H3. The molecule has 0 radical (unpaired) electrons. The van der Waals surface area contributed by atoms with Crippen molar-refractivity contribution < 1.29 is 8.42 Å². The first-order chi connectivity index (χ1) is 2.64. The maximum atomic E-state index is 9.66. The van der Waals surface area contributed by atoms with Crippen molar-refractivity contribution in [2.24, 2.45) is 0 Å². The summed E-state index contributed by atoms with van der Waals surface area (Å²) in [6.07, 6.45) is 0. The number of thiol groups is 2. The van der Waals surface area contributed by atoms with Gasteiger partial charge in [0.05, 0.1) is 4.58 Å². The Hall–Kier alpha value is 0.300. The van der Waals surface area contributed by atoms with Crippen LogP contribution in [0.2, 0.25) is 0 Å². The predicted molar refractivity (Wildman–Crippen MR) is 28.8 cm³/mol. The van der Waals surface area contributed by atoms with E-state index in [1.165, 1.54) is 6.92 Å². The van der Waals surface area contributed by atoms with Crippen molar-refractivity contribution in [3.63, 3.8) is 0 Å². The minimum atomic E-state index is -2.30. The van der Waals surface area contributed by atoms with Crippen LogP contribution in [0.25, 0.3) is 0 Å². The Labute approximate surface area is 43.9 Å². The zero-order valence-electron chi connectivity index (χ0n) is 3.29. The molecule has 0 saturated carbocycles. The van der Waals surface area contributed by atoms with Crippen LogP contribution in [0.15, 0.2) is 0 Å². The Morgan fingerprint density at radius 1 is 1.67 bits per heavy atom. The molecule has 0 saturated heterocycles. The van der Waals surface area contributed by atoms with E-state index in [2.05, 4.69) is 12.6 Å². The van der Waals surface area contributed by atoms with Crippen molar-refractivity contribution in [1.82, 2.24) is 0 Å². The Balaban J connectivity index is 3.57. The van der Waals surface area contributed by atoms with Gasteiger partial charge < -0.3 is 0 Å². The lowest BCUT2D eigenvalue weighted by atomic mass is 11.0. The van der Waals surface area contributed by atoms with Gasteiger partial charge in [0.2, 0.25) is 0 Å². The molecule has 0 aromatic rings. The summed E-state index contributed by atoms with van der Waals surface area (Å²) in [7, 11) is -2.30. The Bertz CT molecular complexity index is 85.7. The molecule has 0 bridgehead atoms. The zero-order valence-corrected chi connectivity index (χ0v) is 5.08. The molecule has 6 heavy (non-hydrogen) atoms. The third-order valence-electron chi connectivity index (χ3n) is 0.305. The van der Waals surface area contributed by atoms with E-state index < -0.39 is 15.3 Å². The van der Waals surface area contributed by atoms with E-state index in [9.17, 15) is 8.42 Å². The molecule has 4 heteroatoms. The molecule has 0 spiro atoms. The molecule has 0 aromatic heterocycles. The summed E-state index contributed by atoms with van der Waals surface area (Å²) in [6, 6.07) is 0. The van der Waals surface area contributed by atoms with Crippen molar-refractivity contribution in [3.8, 4) is 0 Å². The highest BCUT2D eigenvalue weighted by Gasteiger charge is 1.89. The van der Waals surface area contributed by atoms with E-state index >= 15 is 0 Å². The van der Waals surface area contributed by atoms with Crippen molar-refractivity contribution in [2.75, 3.05) is 0 Å². The predicted octanol–water partition coefficient (Wildman–Crippen LogP) is -0.126. The van der Waals surface area contributed by atoms with Gasteiger partial charge in [0.15, 0.2) is 10.7 Å². The van der Waals surface area contributed by atoms with Crippen LogP contribution in [0, 0.1) is 0 Å². The molecule has 0 amide bonds. The largest absolute Gasteiger partial charge is 0.231 e. The summed E-state index contributed by atoms with van der Waals surface area (Å²) in [5.74, 6) is 0. The summed E-state index contributed by atoms with van der Waals surface area (Å²) in [4.78, 5) is 0. The maximum Gasteiger partial charge on any atom is 0.151 e. The van der Waals surface area contributed by atoms with Crippen molar-refractivity contribution in [1.29, 1.82) is 0 Å². The molecule has 0 N–H and O–H groups in total. The molecule has 0 aromatic carbocycles. The summed E-state index contributed by atoms with van der Waals surface area (Å²) in [6.45, 7) is 1.51. The summed E-state index contributed by atoms with van der Waals surface area (Å²) in [5.41, 5.74) is 0. The lowest BCUT2D eigenvalue weighted by molar-refractivity contribution is 0.613. The minimum Gasteiger partial charge on any atom is -0.231 e. The Kier molecular flexibility index (Phi) is 2.59. The van der Waals surface area contributed by atoms with E-state index in [1.54, 1.807) is 0 Å². The Morgan fingerprint density at radius 3 is 1.83 bits per heavy atom. The number of hydrogen-bond donors (Lipinski definition) is 2. The number of rotatable bonds is 1. The Morgan fingerprint density at radius 2 is 1.83 bits per heavy atom. The summed E-state index contributed by atoms with van der Waals surface area (Å²) >= 11 is 3.60. The minimum absolute atomic E-state index is 0.500. The van der Waals surface area contributed by atoms with E-state index in [-0.39, 0.29) is 0 Å². The second-order valence-corrected chi connectivity index (χ2v) is 3.44. The van der Waals surface area contributed by atoms with Gasteiger partial charge in [0, 0.05) is 0 Å². The molecule has 1 unspecified atom stereocenters. The van der Waals surface area contributed by atoms with E-state index in [0.717, 1.165) is 0 Å². The highest BCUT2D eigenvalue weighted by atomic mass is 32.2. The van der Waals surface area contributed by atoms with E-state index in [1.807, 2.05) is 0 Å². The monoisotopic (exact) mass is 126 g/mol. The lowest BCUT2D eigenvalue weighted by Crippen LogP contribution is -1.89. The first kappa shape index (κ1) is 6.30. The van der Waals surface area contributed by atoms with Crippen LogP contribution in [0.5, 0.6) is 0 Å². The maximum absolute atomic E-state index is 9.66. The summed E-state index contributed by atoms with van der Waals surface area (Å²) in [5, 5.41) is 0. The van der Waals surface area contributed by atoms with Gasteiger partial charge in [-0.25, -0.2) is 8.42 Å².